The summed E-state index contributed by atoms with van der Waals surface area (Å²) >= 11 is 5.79. The molecule has 0 aliphatic carbocycles. The molecule has 0 N–H and O–H groups in total. The lowest BCUT2D eigenvalue weighted by molar-refractivity contribution is 0.855. The molecule has 0 bridgehead atoms. The molecule has 70 valence electrons. The Kier molecular flexibility index (Phi) is 2.33. The maximum absolute atomic E-state index is 8.41. The molecular formula is C9H7ClN4. The van der Waals surface area contributed by atoms with Crippen LogP contribution in [0.1, 0.15) is 12.2 Å². The number of rotatable bonds is 2. The Labute approximate surface area is 85.7 Å². The molecule has 0 saturated heterocycles. The molecule has 0 atom stereocenters. The van der Waals surface area contributed by atoms with Gasteiger partial charge in [-0.3, -0.25) is 0 Å². The first-order valence-corrected chi connectivity index (χ1v) is 4.55. The van der Waals surface area contributed by atoms with E-state index in [4.69, 9.17) is 16.9 Å². The fourth-order valence-electron chi connectivity index (χ4n) is 1.18. The summed E-state index contributed by atoms with van der Waals surface area (Å²) in [5, 5.41) is 13.2. The number of fused-ring (bicyclic) bond motifs is 1. The number of aryl methyl sites for hydroxylation is 1. The van der Waals surface area contributed by atoms with Crippen molar-refractivity contribution in [1.29, 1.82) is 5.26 Å². The summed E-state index contributed by atoms with van der Waals surface area (Å²) in [6.45, 7) is 0. The molecule has 5 heteroatoms. The molecule has 4 nitrogen and oxygen atoms in total. The van der Waals surface area contributed by atoms with Gasteiger partial charge in [-0.1, -0.05) is 11.6 Å². The Hall–Kier alpha value is -1.60. The van der Waals surface area contributed by atoms with Crippen molar-refractivity contribution in [1.82, 2.24) is 14.6 Å². The fraction of sp³-hybridized carbons (Fsp3) is 0.222. The van der Waals surface area contributed by atoms with Crippen LogP contribution in [0.2, 0.25) is 5.02 Å². The van der Waals surface area contributed by atoms with Gasteiger partial charge in [0.1, 0.15) is 0 Å². The van der Waals surface area contributed by atoms with Crippen molar-refractivity contribution < 1.29 is 0 Å². The van der Waals surface area contributed by atoms with Gasteiger partial charge in [0.05, 0.1) is 11.1 Å². The Balaban J connectivity index is 2.37. The predicted molar refractivity (Wildman–Crippen MR) is 51.9 cm³/mol. The van der Waals surface area contributed by atoms with Crippen LogP contribution in [0.15, 0.2) is 18.3 Å². The van der Waals surface area contributed by atoms with Crippen LogP contribution in [0.25, 0.3) is 5.65 Å². The highest BCUT2D eigenvalue weighted by Crippen LogP contribution is 2.09. The summed E-state index contributed by atoms with van der Waals surface area (Å²) in [6, 6.07) is 5.62. The molecule has 0 unspecified atom stereocenters. The molecule has 0 spiro atoms. The molecule has 2 rings (SSSR count). The van der Waals surface area contributed by atoms with Crippen LogP contribution in [0, 0.1) is 11.3 Å². The number of nitriles is 1. The maximum atomic E-state index is 8.41. The van der Waals surface area contributed by atoms with Gasteiger partial charge in [-0.15, -0.1) is 0 Å². The third kappa shape index (κ3) is 1.68. The summed E-state index contributed by atoms with van der Waals surface area (Å²) in [4.78, 5) is 4.23. The zero-order valence-electron chi connectivity index (χ0n) is 7.31. The van der Waals surface area contributed by atoms with E-state index in [9.17, 15) is 0 Å². The minimum Gasteiger partial charge on any atom is -0.219 e. The van der Waals surface area contributed by atoms with Gasteiger partial charge in [-0.05, 0) is 12.1 Å². The number of halogens is 1. The van der Waals surface area contributed by atoms with Crippen molar-refractivity contribution in [2.45, 2.75) is 12.8 Å². The van der Waals surface area contributed by atoms with Crippen LogP contribution < -0.4 is 0 Å². The maximum Gasteiger partial charge on any atom is 0.155 e. The average molecular weight is 207 g/mol. The highest BCUT2D eigenvalue weighted by atomic mass is 35.5. The Morgan fingerprint density at radius 3 is 3.14 bits per heavy atom. The van der Waals surface area contributed by atoms with E-state index >= 15 is 0 Å². The van der Waals surface area contributed by atoms with E-state index in [0.29, 0.717) is 23.7 Å². The second-order valence-corrected chi connectivity index (χ2v) is 3.27. The largest absolute Gasteiger partial charge is 0.219 e. The average Bonchev–Trinajstić information content (AvgIpc) is 2.56. The second kappa shape index (κ2) is 3.64. The number of nitrogens with zero attached hydrogens (tertiary/aromatic N) is 4. The molecule has 0 aromatic carbocycles. The molecule has 2 aromatic heterocycles. The van der Waals surface area contributed by atoms with Crippen molar-refractivity contribution in [3.63, 3.8) is 0 Å². The summed E-state index contributed by atoms with van der Waals surface area (Å²) in [5.41, 5.74) is 0.752. The number of hydrogen-bond donors (Lipinski definition) is 0. The van der Waals surface area contributed by atoms with Crippen molar-refractivity contribution in [2.75, 3.05) is 0 Å². The number of aromatic nitrogens is 3. The molecule has 0 amide bonds. The van der Waals surface area contributed by atoms with Crippen LogP contribution in [0.3, 0.4) is 0 Å². The normalized spacial score (nSPS) is 10.3. The molecular weight excluding hydrogens is 200 g/mol. The molecule has 14 heavy (non-hydrogen) atoms. The molecule has 2 aromatic rings. The monoisotopic (exact) mass is 206 g/mol. The molecule has 0 aliphatic rings. The van der Waals surface area contributed by atoms with Crippen LogP contribution >= 0.6 is 11.6 Å². The Morgan fingerprint density at radius 1 is 1.50 bits per heavy atom. The molecule has 0 aliphatic heterocycles. The van der Waals surface area contributed by atoms with Gasteiger partial charge in [0.15, 0.2) is 11.5 Å². The number of pyridine rings is 1. The van der Waals surface area contributed by atoms with E-state index in [1.165, 1.54) is 0 Å². The van der Waals surface area contributed by atoms with Crippen molar-refractivity contribution in [3.8, 4) is 6.07 Å². The van der Waals surface area contributed by atoms with Crippen molar-refractivity contribution in [3.05, 3.63) is 29.2 Å². The molecule has 2 heterocycles. The van der Waals surface area contributed by atoms with Crippen LogP contribution in [0.5, 0.6) is 0 Å². The van der Waals surface area contributed by atoms with E-state index in [2.05, 4.69) is 16.2 Å². The van der Waals surface area contributed by atoms with Crippen molar-refractivity contribution >= 4 is 17.2 Å². The van der Waals surface area contributed by atoms with Gasteiger partial charge >= 0.3 is 0 Å². The third-order valence-corrected chi connectivity index (χ3v) is 2.02. The fourth-order valence-corrected chi connectivity index (χ4v) is 1.33. The van der Waals surface area contributed by atoms with Gasteiger partial charge < -0.3 is 0 Å². The lowest BCUT2D eigenvalue weighted by atomic mass is 10.3. The van der Waals surface area contributed by atoms with Gasteiger partial charge in [0, 0.05) is 19.0 Å². The van der Waals surface area contributed by atoms with Gasteiger partial charge in [0.2, 0.25) is 0 Å². The highest BCUT2D eigenvalue weighted by Gasteiger charge is 2.02. The number of hydrogen-bond acceptors (Lipinski definition) is 3. The van der Waals surface area contributed by atoms with Crippen LogP contribution in [0.4, 0.5) is 0 Å². The predicted octanol–water partition coefficient (Wildman–Crippen LogP) is 1.84. The minimum atomic E-state index is 0.435. The van der Waals surface area contributed by atoms with E-state index < -0.39 is 0 Å². The first kappa shape index (κ1) is 8.97. The SMILES string of the molecule is N#CCCc1nc2ccc(Cl)cn2n1. The summed E-state index contributed by atoms with van der Waals surface area (Å²) in [7, 11) is 0. The first-order valence-electron chi connectivity index (χ1n) is 4.17. The standard InChI is InChI=1S/C9H7ClN4/c10-7-3-4-9-12-8(2-1-5-11)13-14(9)6-7/h3-4,6H,1-2H2. The molecule has 0 fully saturated rings. The summed E-state index contributed by atoms with van der Waals surface area (Å²) in [5.74, 6) is 0.675. The molecule has 0 radical (unpaired) electrons. The van der Waals surface area contributed by atoms with E-state index in [1.54, 1.807) is 22.8 Å². The Morgan fingerprint density at radius 2 is 2.36 bits per heavy atom. The topological polar surface area (TPSA) is 54.0 Å². The highest BCUT2D eigenvalue weighted by molar-refractivity contribution is 6.30. The zero-order valence-corrected chi connectivity index (χ0v) is 8.07. The van der Waals surface area contributed by atoms with E-state index in [0.717, 1.165) is 5.65 Å². The smallest absolute Gasteiger partial charge is 0.155 e. The van der Waals surface area contributed by atoms with Gasteiger partial charge in [-0.2, -0.15) is 10.4 Å². The van der Waals surface area contributed by atoms with Gasteiger partial charge in [-0.25, -0.2) is 9.50 Å². The second-order valence-electron chi connectivity index (χ2n) is 2.84. The first-order chi connectivity index (χ1) is 6.79. The quantitative estimate of drug-likeness (QED) is 0.754. The van der Waals surface area contributed by atoms with E-state index in [1.807, 2.05) is 0 Å². The van der Waals surface area contributed by atoms with Crippen LogP contribution in [-0.2, 0) is 6.42 Å². The minimum absolute atomic E-state index is 0.435. The lowest BCUT2D eigenvalue weighted by Gasteiger charge is -1.89. The lowest BCUT2D eigenvalue weighted by Crippen LogP contribution is -1.88. The zero-order chi connectivity index (χ0) is 9.97. The van der Waals surface area contributed by atoms with Crippen molar-refractivity contribution in [2.24, 2.45) is 0 Å². The van der Waals surface area contributed by atoms with Crippen LogP contribution in [-0.4, -0.2) is 14.6 Å². The summed E-state index contributed by atoms with van der Waals surface area (Å²) < 4.78 is 1.62. The Bertz CT molecular complexity index is 497. The summed E-state index contributed by atoms with van der Waals surface area (Å²) in [6.07, 6.45) is 2.71. The third-order valence-electron chi connectivity index (χ3n) is 1.80. The van der Waals surface area contributed by atoms with E-state index in [-0.39, 0.29) is 0 Å². The molecule has 0 saturated carbocycles. The van der Waals surface area contributed by atoms with Gasteiger partial charge in [0.25, 0.3) is 0 Å².